The Morgan fingerprint density at radius 2 is 1.79 bits per heavy atom. The number of aryl methyl sites for hydroxylation is 1. The summed E-state index contributed by atoms with van der Waals surface area (Å²) in [5, 5.41) is -0.188. The van der Waals surface area contributed by atoms with Gasteiger partial charge in [0.15, 0.2) is 11.2 Å². The molecule has 150 valence electrons. The second kappa shape index (κ2) is 7.04. The minimum absolute atomic E-state index is 0.00250. The van der Waals surface area contributed by atoms with Crippen LogP contribution in [0.5, 0.6) is 0 Å². The van der Waals surface area contributed by atoms with Crippen molar-refractivity contribution in [3.05, 3.63) is 56.7 Å². The molecule has 0 spiro atoms. The van der Waals surface area contributed by atoms with Crippen molar-refractivity contribution in [3.8, 4) is 11.8 Å². The molecule has 0 N–H and O–H groups in total. The molecule has 0 atom stereocenters. The second-order valence-electron chi connectivity index (χ2n) is 7.25. The average Bonchev–Trinajstić information content (AvgIpc) is 3.42. The third-order valence-electron chi connectivity index (χ3n) is 4.99. The maximum Gasteiger partial charge on any atom is 0.333 e. The van der Waals surface area contributed by atoms with Gasteiger partial charge in [-0.25, -0.2) is 13.2 Å². The number of nitrogens with zero attached hydrogens (tertiary/aromatic N) is 4. The molecule has 1 aromatic carbocycles. The number of benzene rings is 1. The molecule has 0 aliphatic heterocycles. The Kier molecular flexibility index (Phi) is 4.67. The van der Waals surface area contributed by atoms with Crippen molar-refractivity contribution >= 4 is 21.0 Å². The lowest BCUT2D eigenvalue weighted by Gasteiger charge is -2.06. The smallest absolute Gasteiger partial charge is 0.312 e. The van der Waals surface area contributed by atoms with Crippen LogP contribution in [0.3, 0.4) is 0 Å². The van der Waals surface area contributed by atoms with Gasteiger partial charge in [-0.05, 0) is 30.9 Å². The Labute approximate surface area is 167 Å². The average molecular weight is 412 g/mol. The molecule has 0 radical (unpaired) electrons. The lowest BCUT2D eigenvalue weighted by Crippen LogP contribution is -2.38. The topological polar surface area (TPSA) is 96.0 Å². The van der Waals surface area contributed by atoms with E-state index < -0.39 is 21.1 Å². The quantitative estimate of drug-likeness (QED) is 0.587. The van der Waals surface area contributed by atoms with Gasteiger partial charge < -0.3 is 4.57 Å². The Balaban J connectivity index is 1.86. The molecule has 4 rings (SSSR count). The van der Waals surface area contributed by atoms with Gasteiger partial charge in [0, 0.05) is 19.7 Å². The third kappa shape index (κ3) is 3.51. The third-order valence-corrected chi connectivity index (χ3v) is 6.82. The van der Waals surface area contributed by atoms with Crippen LogP contribution in [0.2, 0.25) is 0 Å². The minimum atomic E-state index is -3.66. The molecule has 0 saturated heterocycles. The highest BCUT2D eigenvalue weighted by molar-refractivity contribution is 7.91. The van der Waals surface area contributed by atoms with E-state index in [0.29, 0.717) is 0 Å². The lowest BCUT2D eigenvalue weighted by atomic mass is 10.2. The molecular weight excluding hydrogens is 392 g/mol. The Bertz CT molecular complexity index is 1380. The molecule has 29 heavy (non-hydrogen) atoms. The van der Waals surface area contributed by atoms with Gasteiger partial charge >= 0.3 is 5.69 Å². The maximum atomic E-state index is 12.8. The molecule has 0 unspecified atom stereocenters. The molecule has 0 amide bonds. The summed E-state index contributed by atoms with van der Waals surface area (Å²) in [6.07, 6.45) is 1.76. The first-order valence-electron chi connectivity index (χ1n) is 9.22. The van der Waals surface area contributed by atoms with Crippen molar-refractivity contribution in [1.29, 1.82) is 0 Å². The summed E-state index contributed by atoms with van der Waals surface area (Å²) >= 11 is 0. The molecule has 2 heterocycles. The number of rotatable bonds is 4. The number of sulfone groups is 1. The van der Waals surface area contributed by atoms with Crippen molar-refractivity contribution in [1.82, 2.24) is 18.7 Å². The zero-order valence-electron chi connectivity index (χ0n) is 16.1. The first kappa shape index (κ1) is 19.2. The van der Waals surface area contributed by atoms with E-state index in [0.717, 1.165) is 23.0 Å². The SMILES string of the molecule is Cn1c(=O)c2c(nc(S(=O)(=O)CC3CC3)n2C)n(CC#Cc2ccccc2)c1=O. The number of aromatic nitrogens is 4. The minimum Gasteiger partial charge on any atom is -0.312 e. The predicted molar refractivity (Wildman–Crippen MR) is 108 cm³/mol. The van der Waals surface area contributed by atoms with Crippen molar-refractivity contribution < 1.29 is 8.42 Å². The Morgan fingerprint density at radius 1 is 1.10 bits per heavy atom. The number of fused-ring (bicyclic) bond motifs is 1. The van der Waals surface area contributed by atoms with Gasteiger partial charge in [0.05, 0.1) is 12.3 Å². The van der Waals surface area contributed by atoms with Crippen molar-refractivity contribution in [2.45, 2.75) is 24.5 Å². The maximum absolute atomic E-state index is 12.8. The number of hydrogen-bond donors (Lipinski definition) is 0. The number of imidazole rings is 1. The van der Waals surface area contributed by atoms with Crippen LogP contribution < -0.4 is 11.2 Å². The monoisotopic (exact) mass is 412 g/mol. The molecule has 1 saturated carbocycles. The van der Waals surface area contributed by atoms with Crippen LogP contribution in [0, 0.1) is 17.8 Å². The first-order valence-corrected chi connectivity index (χ1v) is 10.9. The summed E-state index contributed by atoms with van der Waals surface area (Å²) in [6, 6.07) is 9.28. The van der Waals surface area contributed by atoms with Crippen LogP contribution in [0.1, 0.15) is 18.4 Å². The van der Waals surface area contributed by atoms with Gasteiger partial charge in [0.1, 0.15) is 0 Å². The predicted octanol–water partition coefficient (Wildman–Crippen LogP) is 0.669. The molecule has 8 nitrogen and oxygen atoms in total. The van der Waals surface area contributed by atoms with E-state index in [9.17, 15) is 18.0 Å². The van der Waals surface area contributed by atoms with E-state index in [1.54, 1.807) is 0 Å². The van der Waals surface area contributed by atoms with E-state index in [1.807, 2.05) is 30.3 Å². The fraction of sp³-hybridized carbons (Fsp3) is 0.350. The van der Waals surface area contributed by atoms with Crippen LogP contribution in [-0.2, 0) is 30.5 Å². The van der Waals surface area contributed by atoms with E-state index in [2.05, 4.69) is 16.8 Å². The number of hydrogen-bond acceptors (Lipinski definition) is 5. The highest BCUT2D eigenvalue weighted by atomic mass is 32.2. The van der Waals surface area contributed by atoms with Crippen LogP contribution in [0.4, 0.5) is 0 Å². The molecule has 0 bridgehead atoms. The first-order chi connectivity index (χ1) is 13.8. The summed E-state index contributed by atoms with van der Waals surface area (Å²) in [6.45, 7) is -0.0164. The highest BCUT2D eigenvalue weighted by Crippen LogP contribution is 2.32. The summed E-state index contributed by atoms with van der Waals surface area (Å²) in [5.41, 5.74) is -0.273. The summed E-state index contributed by atoms with van der Waals surface area (Å²) in [7, 11) is -0.815. The molecule has 9 heteroatoms. The van der Waals surface area contributed by atoms with Crippen molar-refractivity contribution in [2.24, 2.45) is 20.0 Å². The summed E-state index contributed by atoms with van der Waals surface area (Å²) < 4.78 is 29.0. The molecule has 2 aromatic heterocycles. The largest absolute Gasteiger partial charge is 0.333 e. The van der Waals surface area contributed by atoms with Gasteiger partial charge in [-0.3, -0.25) is 13.9 Å². The molecule has 3 aromatic rings. The summed E-state index contributed by atoms with van der Waals surface area (Å²) in [4.78, 5) is 29.5. The zero-order valence-corrected chi connectivity index (χ0v) is 16.9. The normalized spacial score (nSPS) is 14.0. The van der Waals surface area contributed by atoms with Gasteiger partial charge in [-0.1, -0.05) is 30.0 Å². The van der Waals surface area contributed by atoms with E-state index in [4.69, 9.17) is 0 Å². The standard InChI is InChI=1S/C20H20N4O4S/c1-22-16-17(21-19(22)29(27,28)13-15-10-11-15)24(20(26)23(2)18(16)25)12-6-9-14-7-4-3-5-8-14/h3-5,7-8,15H,10-13H2,1-2H3. The zero-order chi connectivity index (χ0) is 20.8. The van der Waals surface area contributed by atoms with Crippen LogP contribution in [-0.4, -0.2) is 32.9 Å². The summed E-state index contributed by atoms with van der Waals surface area (Å²) in [5.74, 6) is 6.00. The van der Waals surface area contributed by atoms with Crippen LogP contribution >= 0.6 is 0 Å². The van der Waals surface area contributed by atoms with Crippen molar-refractivity contribution in [3.63, 3.8) is 0 Å². The second-order valence-corrected chi connectivity index (χ2v) is 9.18. The van der Waals surface area contributed by atoms with Crippen molar-refractivity contribution in [2.75, 3.05) is 5.75 Å². The molecular formula is C20H20N4O4S. The highest BCUT2D eigenvalue weighted by Gasteiger charge is 2.33. The Morgan fingerprint density at radius 3 is 2.45 bits per heavy atom. The van der Waals surface area contributed by atoms with E-state index in [1.165, 1.54) is 23.2 Å². The molecule has 1 fully saturated rings. The van der Waals surface area contributed by atoms with Gasteiger partial charge in [-0.2, -0.15) is 4.98 Å². The molecule has 1 aliphatic carbocycles. The van der Waals surface area contributed by atoms with Gasteiger partial charge in [-0.15, -0.1) is 0 Å². The van der Waals surface area contributed by atoms with Crippen LogP contribution in [0.25, 0.3) is 11.2 Å². The molecule has 1 aliphatic rings. The lowest BCUT2D eigenvalue weighted by molar-refractivity contribution is 0.576. The van der Waals surface area contributed by atoms with E-state index >= 15 is 0 Å². The van der Waals surface area contributed by atoms with E-state index in [-0.39, 0.29) is 34.5 Å². The fourth-order valence-electron chi connectivity index (χ4n) is 3.24. The van der Waals surface area contributed by atoms with Gasteiger partial charge in [0.25, 0.3) is 5.56 Å². The Hall–Kier alpha value is -3.12. The fourth-order valence-corrected chi connectivity index (χ4v) is 5.08. The van der Waals surface area contributed by atoms with Gasteiger partial charge in [0.2, 0.25) is 15.0 Å². The van der Waals surface area contributed by atoms with Crippen LogP contribution in [0.15, 0.2) is 45.1 Å².